The molecular formula is C38H48N4O2. The third-order valence-corrected chi connectivity index (χ3v) is 10.2. The third-order valence-electron chi connectivity index (χ3n) is 10.2. The molecule has 0 atom stereocenters. The van der Waals surface area contributed by atoms with Crippen LogP contribution in [0.3, 0.4) is 0 Å². The Labute approximate surface area is 261 Å². The van der Waals surface area contributed by atoms with Gasteiger partial charge in [-0.1, -0.05) is 23.3 Å². The molecule has 3 aliphatic rings. The minimum atomic E-state index is -0.591. The molecule has 2 aliphatic heterocycles. The zero-order chi connectivity index (χ0) is 31.2. The van der Waals surface area contributed by atoms with Crippen LogP contribution in [0.1, 0.15) is 72.9 Å². The number of pyridine rings is 1. The second-order valence-electron chi connectivity index (χ2n) is 14.1. The van der Waals surface area contributed by atoms with Gasteiger partial charge in [0.15, 0.2) is 0 Å². The smallest absolute Gasteiger partial charge is 0.253 e. The number of rotatable bonds is 9. The van der Waals surface area contributed by atoms with Gasteiger partial charge in [-0.25, -0.2) is 0 Å². The molecule has 6 nitrogen and oxygen atoms in total. The van der Waals surface area contributed by atoms with Crippen molar-refractivity contribution in [1.29, 1.82) is 0 Å². The Morgan fingerprint density at radius 2 is 1.66 bits per heavy atom. The van der Waals surface area contributed by atoms with Gasteiger partial charge >= 0.3 is 0 Å². The maximum Gasteiger partial charge on any atom is 0.253 e. The van der Waals surface area contributed by atoms with E-state index < -0.39 is 5.41 Å². The van der Waals surface area contributed by atoms with Crippen LogP contribution in [0.15, 0.2) is 53.5 Å². The van der Waals surface area contributed by atoms with E-state index >= 15 is 0 Å². The molecule has 2 N–H and O–H groups in total. The number of benzene rings is 2. The van der Waals surface area contributed by atoms with Crippen LogP contribution in [0, 0.1) is 26.7 Å². The van der Waals surface area contributed by atoms with E-state index in [9.17, 15) is 9.59 Å². The van der Waals surface area contributed by atoms with E-state index in [2.05, 4.69) is 79.3 Å². The fourth-order valence-corrected chi connectivity index (χ4v) is 7.73. The van der Waals surface area contributed by atoms with Crippen LogP contribution < -0.4 is 10.9 Å². The van der Waals surface area contributed by atoms with E-state index in [1.165, 1.54) is 46.0 Å². The Bertz CT molecular complexity index is 1710. The molecule has 7 rings (SSSR count). The average Bonchev–Trinajstić information content (AvgIpc) is 3.37. The van der Waals surface area contributed by atoms with Gasteiger partial charge in [-0.05, 0) is 145 Å². The molecule has 4 heterocycles. The van der Waals surface area contributed by atoms with Gasteiger partial charge in [0.1, 0.15) is 0 Å². The van der Waals surface area contributed by atoms with Crippen molar-refractivity contribution in [1.82, 2.24) is 19.8 Å². The van der Waals surface area contributed by atoms with Crippen LogP contribution in [0.25, 0.3) is 22.2 Å². The minimum absolute atomic E-state index is 0.0624. The zero-order valence-corrected chi connectivity index (χ0v) is 27.3. The first-order valence-electron chi connectivity index (χ1n) is 16.4. The molecule has 6 heteroatoms. The fourth-order valence-electron chi connectivity index (χ4n) is 7.73. The van der Waals surface area contributed by atoms with Crippen molar-refractivity contribution in [3.8, 4) is 11.3 Å². The number of fused-ring (bicyclic) bond motifs is 4. The predicted molar refractivity (Wildman–Crippen MR) is 180 cm³/mol. The van der Waals surface area contributed by atoms with Crippen LogP contribution in [0.2, 0.25) is 0 Å². The number of amides is 1. The lowest BCUT2D eigenvalue weighted by Gasteiger charge is -2.47. The van der Waals surface area contributed by atoms with E-state index in [1.807, 2.05) is 26.2 Å². The summed E-state index contributed by atoms with van der Waals surface area (Å²) in [5, 5.41) is 4.85. The summed E-state index contributed by atoms with van der Waals surface area (Å²) in [5.41, 5.74) is 9.77. The van der Waals surface area contributed by atoms with Gasteiger partial charge in [0.05, 0.1) is 5.41 Å². The molecule has 2 aromatic heterocycles. The number of nitrogens with one attached hydrogen (secondary N) is 2. The predicted octanol–water partition coefficient (Wildman–Crippen LogP) is 6.51. The molecule has 0 radical (unpaired) electrons. The lowest BCUT2D eigenvalue weighted by molar-refractivity contribution is -0.144. The molecular weight excluding hydrogens is 544 g/mol. The summed E-state index contributed by atoms with van der Waals surface area (Å²) in [6.45, 7) is 13.0. The lowest BCUT2D eigenvalue weighted by atomic mass is 9.76. The Morgan fingerprint density at radius 3 is 2.32 bits per heavy atom. The standard InChI is InChI=1S/C38H48N4O2/c1-24-17-25(2)19-29(18-24)35-32(14-16-39-15-13-28-20-26(3)36(43)41(6)22-28)33-21-30(9-12-34(33)40-35)38(4,5)37(44)42-23-27-7-10-31(42)11-8-27/h9,12,17-22,27,31,39-40H,7-8,10-11,13-16,23H2,1-6H3. The normalized spacial score (nSPS) is 18.4. The van der Waals surface area contributed by atoms with Crippen LogP contribution in [-0.4, -0.2) is 46.0 Å². The second kappa shape index (κ2) is 12.0. The summed E-state index contributed by atoms with van der Waals surface area (Å²) in [7, 11) is 1.82. The molecule has 2 saturated heterocycles. The lowest BCUT2D eigenvalue weighted by Crippen LogP contribution is -2.55. The number of H-pyrrole nitrogens is 1. The van der Waals surface area contributed by atoms with Crippen molar-refractivity contribution in [2.24, 2.45) is 13.0 Å². The number of hydrogen-bond acceptors (Lipinski definition) is 3. The van der Waals surface area contributed by atoms with E-state index in [1.54, 1.807) is 4.57 Å². The van der Waals surface area contributed by atoms with E-state index in [0.717, 1.165) is 67.7 Å². The molecule has 0 spiro atoms. The van der Waals surface area contributed by atoms with Gasteiger partial charge in [-0.15, -0.1) is 0 Å². The first-order valence-corrected chi connectivity index (χ1v) is 16.4. The quantitative estimate of drug-likeness (QED) is 0.218. The van der Waals surface area contributed by atoms with Gasteiger partial charge in [-0.3, -0.25) is 9.59 Å². The van der Waals surface area contributed by atoms with Gasteiger partial charge in [0, 0.05) is 48.0 Å². The first-order chi connectivity index (χ1) is 21.0. The van der Waals surface area contributed by atoms with Crippen molar-refractivity contribution in [3.63, 3.8) is 0 Å². The van der Waals surface area contributed by atoms with Gasteiger partial charge in [0.25, 0.3) is 5.56 Å². The summed E-state index contributed by atoms with van der Waals surface area (Å²) in [6, 6.07) is 15.8. The van der Waals surface area contributed by atoms with Crippen molar-refractivity contribution in [2.45, 2.75) is 84.6 Å². The van der Waals surface area contributed by atoms with Crippen molar-refractivity contribution < 1.29 is 4.79 Å². The summed E-state index contributed by atoms with van der Waals surface area (Å²) in [6.07, 6.45) is 8.52. The number of carbonyl (C=O) groups excluding carboxylic acids is 1. The number of aromatic nitrogens is 2. The van der Waals surface area contributed by atoms with Crippen LogP contribution in [0.5, 0.6) is 0 Å². The highest BCUT2D eigenvalue weighted by Crippen LogP contribution is 2.39. The Morgan fingerprint density at radius 1 is 0.955 bits per heavy atom. The first kappa shape index (κ1) is 30.4. The van der Waals surface area contributed by atoms with Crippen molar-refractivity contribution in [2.75, 3.05) is 19.6 Å². The van der Waals surface area contributed by atoms with Crippen molar-refractivity contribution >= 4 is 16.8 Å². The summed E-state index contributed by atoms with van der Waals surface area (Å²) < 4.78 is 1.67. The number of aryl methyl sites for hydroxylation is 4. The Hall–Kier alpha value is -3.64. The Kier molecular flexibility index (Phi) is 8.31. The van der Waals surface area contributed by atoms with Gasteiger partial charge in [-0.2, -0.15) is 0 Å². The molecule has 2 bridgehead atoms. The maximum absolute atomic E-state index is 14.0. The van der Waals surface area contributed by atoms with Crippen LogP contribution in [0.4, 0.5) is 0 Å². The molecule has 3 fully saturated rings. The SMILES string of the molecule is Cc1cc(C)cc(-c2[nH]c3ccc(C(C)(C)C(=O)N4CC5CCC4CC5)cc3c2CCNCCc2cc(C)c(=O)n(C)c2)c1. The number of aromatic amines is 1. The monoisotopic (exact) mass is 592 g/mol. The highest BCUT2D eigenvalue weighted by molar-refractivity contribution is 5.94. The fraction of sp³-hybridized carbons (Fsp3) is 0.474. The van der Waals surface area contributed by atoms with Gasteiger partial charge in [0.2, 0.25) is 5.91 Å². The summed E-state index contributed by atoms with van der Waals surface area (Å²) >= 11 is 0. The number of hydrogen-bond donors (Lipinski definition) is 2. The maximum atomic E-state index is 14.0. The summed E-state index contributed by atoms with van der Waals surface area (Å²) in [5.74, 6) is 0.942. The molecule has 4 aromatic rings. The molecule has 1 saturated carbocycles. The molecule has 1 aliphatic carbocycles. The number of carbonyl (C=O) groups is 1. The Balaban J connectivity index is 1.27. The third kappa shape index (κ3) is 5.89. The molecule has 1 amide bonds. The number of piperidine rings is 2. The van der Waals surface area contributed by atoms with Crippen LogP contribution >= 0.6 is 0 Å². The van der Waals surface area contributed by atoms with E-state index in [-0.39, 0.29) is 11.5 Å². The molecule has 2 aromatic carbocycles. The average molecular weight is 593 g/mol. The second-order valence-corrected chi connectivity index (χ2v) is 14.1. The van der Waals surface area contributed by atoms with Gasteiger partial charge < -0.3 is 19.8 Å². The van der Waals surface area contributed by atoms with Crippen molar-refractivity contribution in [3.05, 3.63) is 92.4 Å². The largest absolute Gasteiger partial charge is 0.354 e. The molecule has 0 unspecified atom stereocenters. The highest BCUT2D eigenvalue weighted by Gasteiger charge is 2.42. The van der Waals surface area contributed by atoms with E-state index in [0.29, 0.717) is 12.0 Å². The topological polar surface area (TPSA) is 70.1 Å². The zero-order valence-electron chi connectivity index (χ0n) is 27.3. The van der Waals surface area contributed by atoms with E-state index in [4.69, 9.17) is 0 Å². The molecule has 44 heavy (non-hydrogen) atoms. The number of nitrogens with zero attached hydrogens (tertiary/aromatic N) is 2. The van der Waals surface area contributed by atoms with Crippen LogP contribution in [-0.2, 0) is 30.1 Å². The molecule has 232 valence electrons. The highest BCUT2D eigenvalue weighted by atomic mass is 16.2. The summed E-state index contributed by atoms with van der Waals surface area (Å²) in [4.78, 5) is 32.1. The minimum Gasteiger partial charge on any atom is -0.354 e.